The molecule has 0 aliphatic carbocycles. The molecule has 2 aromatic carbocycles. The van der Waals surface area contributed by atoms with E-state index in [0.29, 0.717) is 11.4 Å². The number of carbonyl (C=O) groups is 2. The van der Waals surface area contributed by atoms with E-state index in [0.717, 1.165) is 11.1 Å². The largest absolute Gasteiger partial charge is 0.351 e. The lowest BCUT2D eigenvalue weighted by atomic mass is 9.98. The molecule has 0 radical (unpaired) electrons. The predicted molar refractivity (Wildman–Crippen MR) is 94.7 cm³/mol. The van der Waals surface area contributed by atoms with E-state index in [-0.39, 0.29) is 6.04 Å². The van der Waals surface area contributed by atoms with Crippen LogP contribution in [0.15, 0.2) is 54.6 Å². The quantitative estimate of drug-likeness (QED) is 0.752. The zero-order chi connectivity index (χ0) is 17.5. The number of halogens is 1. The van der Waals surface area contributed by atoms with Gasteiger partial charge in [-0.15, -0.1) is 0 Å². The lowest BCUT2D eigenvalue weighted by Gasteiger charge is -2.23. The van der Waals surface area contributed by atoms with E-state index < -0.39 is 18.0 Å². The summed E-state index contributed by atoms with van der Waals surface area (Å²) in [6.45, 7) is 1.69. The van der Waals surface area contributed by atoms with Gasteiger partial charge in [0.05, 0.1) is 6.04 Å². The number of primary amides is 1. The van der Waals surface area contributed by atoms with E-state index in [1.54, 1.807) is 6.92 Å². The van der Waals surface area contributed by atoms with Gasteiger partial charge in [0.25, 0.3) is 0 Å². The van der Waals surface area contributed by atoms with Gasteiger partial charge < -0.3 is 5.73 Å². The zero-order valence-electron chi connectivity index (χ0n) is 13.3. The molecule has 4 N–H and O–H groups in total. The number of urea groups is 1. The average Bonchev–Trinajstić information content (AvgIpc) is 2.56. The van der Waals surface area contributed by atoms with Gasteiger partial charge >= 0.3 is 6.03 Å². The summed E-state index contributed by atoms with van der Waals surface area (Å²) in [5, 5.41) is 6.02. The number of hydrogen-bond donors (Lipinski definition) is 3. The van der Waals surface area contributed by atoms with Gasteiger partial charge in [0, 0.05) is 11.1 Å². The Hall–Kier alpha value is -2.37. The highest BCUT2D eigenvalue weighted by Gasteiger charge is 2.20. The molecule has 6 heteroatoms. The summed E-state index contributed by atoms with van der Waals surface area (Å²) < 4.78 is 0. The normalized spacial score (nSPS) is 13.1. The van der Waals surface area contributed by atoms with Crippen LogP contribution in [0.5, 0.6) is 0 Å². The first-order chi connectivity index (χ1) is 11.5. The summed E-state index contributed by atoms with van der Waals surface area (Å²) in [6.07, 6.45) is 0.676. The van der Waals surface area contributed by atoms with E-state index >= 15 is 0 Å². The van der Waals surface area contributed by atoms with E-state index in [9.17, 15) is 9.59 Å². The first kappa shape index (κ1) is 18.0. The Morgan fingerprint density at radius 3 is 2.29 bits per heavy atom. The smallest absolute Gasteiger partial charge is 0.318 e. The van der Waals surface area contributed by atoms with Crippen LogP contribution in [0.25, 0.3) is 0 Å². The zero-order valence-corrected chi connectivity index (χ0v) is 14.1. The maximum absolute atomic E-state index is 11.9. The van der Waals surface area contributed by atoms with Gasteiger partial charge in [-0.3, -0.25) is 15.4 Å². The molecule has 2 rings (SSSR count). The van der Waals surface area contributed by atoms with Crippen LogP contribution in [0.4, 0.5) is 4.79 Å². The summed E-state index contributed by atoms with van der Waals surface area (Å²) in [6, 6.07) is 15.9. The Labute approximate surface area is 146 Å². The topological polar surface area (TPSA) is 84.2 Å². The van der Waals surface area contributed by atoms with Crippen molar-refractivity contribution in [3.63, 3.8) is 0 Å². The number of benzene rings is 2. The molecular formula is C18H20ClN3O2. The predicted octanol–water partition coefficient (Wildman–Crippen LogP) is 2.80. The Kier molecular flexibility index (Phi) is 6.35. The van der Waals surface area contributed by atoms with Crippen LogP contribution in [0.1, 0.15) is 24.1 Å². The van der Waals surface area contributed by atoms with Crippen LogP contribution < -0.4 is 16.4 Å². The number of nitrogens with two attached hydrogens (primary N) is 1. The fourth-order valence-electron chi connectivity index (χ4n) is 2.42. The number of rotatable bonds is 6. The Balaban J connectivity index is 2.15. The monoisotopic (exact) mass is 345 g/mol. The Morgan fingerprint density at radius 2 is 1.71 bits per heavy atom. The molecule has 2 aromatic rings. The van der Waals surface area contributed by atoms with Gasteiger partial charge in [0.15, 0.2) is 0 Å². The SMILES string of the molecule is C[C@@H](N[C@@H](Cc1ccc(Cl)cc1)c1ccccc1)C(=O)NC(N)=O. The number of imide groups is 1. The molecule has 0 saturated heterocycles. The van der Waals surface area contributed by atoms with Gasteiger partial charge in [0.1, 0.15) is 0 Å². The van der Waals surface area contributed by atoms with E-state index in [1.807, 2.05) is 54.6 Å². The molecule has 126 valence electrons. The first-order valence-electron chi connectivity index (χ1n) is 7.61. The molecule has 0 unspecified atom stereocenters. The van der Waals surface area contributed by atoms with E-state index in [1.165, 1.54) is 0 Å². The highest BCUT2D eigenvalue weighted by atomic mass is 35.5. The Morgan fingerprint density at radius 1 is 1.08 bits per heavy atom. The van der Waals surface area contributed by atoms with Crippen LogP contribution in [0, 0.1) is 0 Å². The molecule has 0 heterocycles. The average molecular weight is 346 g/mol. The van der Waals surface area contributed by atoms with Crippen molar-refractivity contribution < 1.29 is 9.59 Å². The van der Waals surface area contributed by atoms with Crippen molar-refractivity contribution in [3.8, 4) is 0 Å². The molecule has 3 amide bonds. The molecule has 0 spiro atoms. The van der Waals surface area contributed by atoms with E-state index in [2.05, 4.69) is 10.6 Å². The van der Waals surface area contributed by atoms with Gasteiger partial charge in [-0.25, -0.2) is 4.79 Å². The second kappa shape index (κ2) is 8.47. The summed E-state index contributed by atoms with van der Waals surface area (Å²) in [4.78, 5) is 22.8. The van der Waals surface area contributed by atoms with Crippen molar-refractivity contribution in [2.75, 3.05) is 0 Å². The number of nitrogens with one attached hydrogen (secondary N) is 2. The number of amides is 3. The minimum Gasteiger partial charge on any atom is -0.351 e. The van der Waals surface area contributed by atoms with Crippen molar-refractivity contribution in [2.24, 2.45) is 5.73 Å². The van der Waals surface area contributed by atoms with Crippen LogP contribution in [-0.4, -0.2) is 18.0 Å². The Bertz CT molecular complexity index is 689. The minimum absolute atomic E-state index is 0.0963. The highest BCUT2D eigenvalue weighted by molar-refractivity contribution is 6.30. The molecule has 0 fully saturated rings. The molecule has 24 heavy (non-hydrogen) atoms. The summed E-state index contributed by atoms with van der Waals surface area (Å²) in [5.41, 5.74) is 7.13. The molecular weight excluding hydrogens is 326 g/mol. The van der Waals surface area contributed by atoms with Gasteiger partial charge in [-0.2, -0.15) is 0 Å². The fraction of sp³-hybridized carbons (Fsp3) is 0.222. The van der Waals surface area contributed by atoms with Crippen LogP contribution in [0.2, 0.25) is 5.02 Å². The second-order valence-electron chi connectivity index (χ2n) is 5.54. The van der Waals surface area contributed by atoms with E-state index in [4.69, 9.17) is 17.3 Å². The molecule has 2 atom stereocenters. The van der Waals surface area contributed by atoms with Crippen molar-refractivity contribution in [3.05, 3.63) is 70.7 Å². The van der Waals surface area contributed by atoms with Gasteiger partial charge in [0.2, 0.25) is 5.91 Å². The van der Waals surface area contributed by atoms with Crippen molar-refractivity contribution in [1.29, 1.82) is 0 Å². The van der Waals surface area contributed by atoms with Crippen LogP contribution in [0.3, 0.4) is 0 Å². The number of carbonyl (C=O) groups excluding carboxylic acids is 2. The van der Waals surface area contributed by atoms with Gasteiger partial charge in [-0.05, 0) is 36.6 Å². The van der Waals surface area contributed by atoms with Crippen molar-refractivity contribution in [2.45, 2.75) is 25.4 Å². The van der Waals surface area contributed by atoms with Crippen molar-refractivity contribution in [1.82, 2.24) is 10.6 Å². The maximum Gasteiger partial charge on any atom is 0.318 e. The molecule has 0 aliphatic heterocycles. The van der Waals surface area contributed by atoms with Crippen LogP contribution >= 0.6 is 11.6 Å². The molecule has 0 saturated carbocycles. The fourth-order valence-corrected chi connectivity index (χ4v) is 2.55. The standard InChI is InChI=1S/C18H20ClN3O2/c1-12(17(23)22-18(20)24)21-16(14-5-3-2-4-6-14)11-13-7-9-15(19)10-8-13/h2-10,12,16,21H,11H2,1H3,(H3,20,22,23,24)/t12-,16+/m1/s1. The highest BCUT2D eigenvalue weighted by Crippen LogP contribution is 2.20. The second-order valence-corrected chi connectivity index (χ2v) is 5.97. The summed E-state index contributed by atoms with van der Waals surface area (Å²) >= 11 is 5.93. The minimum atomic E-state index is -0.859. The lowest BCUT2D eigenvalue weighted by Crippen LogP contribution is -2.47. The third kappa shape index (κ3) is 5.37. The third-order valence-electron chi connectivity index (χ3n) is 3.65. The summed E-state index contributed by atoms with van der Waals surface area (Å²) in [7, 11) is 0. The maximum atomic E-state index is 11.9. The van der Waals surface area contributed by atoms with Crippen LogP contribution in [-0.2, 0) is 11.2 Å². The first-order valence-corrected chi connectivity index (χ1v) is 7.99. The summed E-state index contributed by atoms with van der Waals surface area (Å²) in [5.74, 6) is -0.459. The third-order valence-corrected chi connectivity index (χ3v) is 3.90. The van der Waals surface area contributed by atoms with Crippen molar-refractivity contribution >= 4 is 23.5 Å². The molecule has 0 bridgehead atoms. The molecule has 5 nitrogen and oxygen atoms in total. The lowest BCUT2D eigenvalue weighted by molar-refractivity contribution is -0.121. The number of hydrogen-bond acceptors (Lipinski definition) is 3. The molecule has 0 aromatic heterocycles. The molecule has 0 aliphatic rings. The van der Waals surface area contributed by atoms with Gasteiger partial charge in [-0.1, -0.05) is 54.1 Å².